The van der Waals surface area contributed by atoms with Crippen molar-refractivity contribution in [3.63, 3.8) is 0 Å². The van der Waals surface area contributed by atoms with Crippen molar-refractivity contribution in [2.45, 2.75) is 6.42 Å². The van der Waals surface area contributed by atoms with Crippen LogP contribution in [0.3, 0.4) is 0 Å². The molecule has 0 fully saturated rings. The number of ether oxygens (including phenoxy) is 2. The van der Waals surface area contributed by atoms with E-state index in [0.29, 0.717) is 37.6 Å². The Morgan fingerprint density at radius 1 is 1.29 bits per heavy atom. The third-order valence-corrected chi connectivity index (χ3v) is 3.13. The molecular formula is C14H21N3O3S. The fourth-order valence-corrected chi connectivity index (χ4v) is 1.86. The van der Waals surface area contributed by atoms with Gasteiger partial charge in [-0.1, -0.05) is 12.2 Å². The number of methoxy groups -OCH3 is 2. The van der Waals surface area contributed by atoms with Crippen molar-refractivity contribution in [1.82, 2.24) is 9.88 Å². The number of hydrogen-bond donors (Lipinski definition) is 1. The molecule has 2 N–H and O–H groups in total. The number of carbonyl (C=O) groups excluding carboxylic acids is 1. The first-order valence-corrected chi connectivity index (χ1v) is 7.04. The van der Waals surface area contributed by atoms with E-state index in [0.717, 1.165) is 6.42 Å². The number of amides is 1. The maximum absolute atomic E-state index is 12.4. The first-order valence-electron chi connectivity index (χ1n) is 6.63. The maximum atomic E-state index is 12.4. The summed E-state index contributed by atoms with van der Waals surface area (Å²) in [4.78, 5) is 18.5. The summed E-state index contributed by atoms with van der Waals surface area (Å²) in [6, 6.07) is 3.33. The maximum Gasteiger partial charge on any atom is 0.272 e. The Bertz CT molecular complexity index is 465. The minimum Gasteiger partial charge on any atom is -0.389 e. The Hall–Kier alpha value is -1.57. The topological polar surface area (TPSA) is 77.7 Å². The predicted octanol–water partition coefficient (Wildman–Crippen LogP) is 0.841. The second kappa shape index (κ2) is 9.38. The molecule has 1 rings (SSSR count). The minimum atomic E-state index is -0.141. The molecule has 1 amide bonds. The van der Waals surface area contributed by atoms with Crippen molar-refractivity contribution in [2.75, 3.05) is 40.5 Å². The number of hydrogen-bond acceptors (Lipinski definition) is 5. The first-order chi connectivity index (χ1) is 10.1. The number of pyridine rings is 1. The lowest BCUT2D eigenvalue weighted by Crippen LogP contribution is -2.35. The standard InChI is InChI=1S/C14H21N3O3S/c1-19-8-3-6-17(7-9-20-2)14(18)12-5-4-11(10-16-12)13(15)21/h4-5,10H,3,6-9H2,1-2H3,(H2,15,21). The van der Waals surface area contributed by atoms with Crippen LogP contribution in [-0.2, 0) is 9.47 Å². The highest BCUT2D eigenvalue weighted by molar-refractivity contribution is 7.80. The zero-order chi connectivity index (χ0) is 15.7. The molecule has 1 aromatic rings. The molecule has 6 nitrogen and oxygen atoms in total. The Morgan fingerprint density at radius 2 is 2.00 bits per heavy atom. The van der Waals surface area contributed by atoms with E-state index in [4.69, 9.17) is 27.4 Å². The second-order valence-corrected chi connectivity index (χ2v) is 4.87. The van der Waals surface area contributed by atoms with E-state index in [1.165, 1.54) is 6.20 Å². The quantitative estimate of drug-likeness (QED) is 0.538. The number of nitrogens with two attached hydrogens (primary N) is 1. The molecule has 7 heteroatoms. The summed E-state index contributed by atoms with van der Waals surface area (Å²) in [6.45, 7) is 2.18. The molecule has 0 unspecified atom stereocenters. The normalized spacial score (nSPS) is 10.4. The largest absolute Gasteiger partial charge is 0.389 e. The number of nitrogens with zero attached hydrogens (tertiary/aromatic N) is 2. The van der Waals surface area contributed by atoms with Crippen LogP contribution in [0, 0.1) is 0 Å². The summed E-state index contributed by atoms with van der Waals surface area (Å²) < 4.78 is 10.0. The molecule has 21 heavy (non-hydrogen) atoms. The van der Waals surface area contributed by atoms with Gasteiger partial charge < -0.3 is 20.1 Å². The highest BCUT2D eigenvalue weighted by Gasteiger charge is 2.16. The van der Waals surface area contributed by atoms with Crippen LogP contribution >= 0.6 is 12.2 Å². The van der Waals surface area contributed by atoms with E-state index >= 15 is 0 Å². The zero-order valence-corrected chi connectivity index (χ0v) is 13.2. The van der Waals surface area contributed by atoms with Crippen molar-refractivity contribution < 1.29 is 14.3 Å². The van der Waals surface area contributed by atoms with Gasteiger partial charge in [0.2, 0.25) is 0 Å². The number of thiocarbonyl (C=S) groups is 1. The molecule has 1 heterocycles. The average molecular weight is 311 g/mol. The van der Waals surface area contributed by atoms with Gasteiger partial charge in [0, 0.05) is 45.7 Å². The molecule has 0 spiro atoms. The molecule has 1 aromatic heterocycles. The van der Waals surface area contributed by atoms with E-state index in [1.54, 1.807) is 31.3 Å². The SMILES string of the molecule is COCCCN(CCOC)C(=O)c1ccc(C(N)=S)cn1. The highest BCUT2D eigenvalue weighted by Crippen LogP contribution is 2.05. The molecule has 0 aromatic carbocycles. The lowest BCUT2D eigenvalue weighted by Gasteiger charge is -2.22. The van der Waals surface area contributed by atoms with Crippen LogP contribution in [0.15, 0.2) is 18.3 Å². The fraction of sp³-hybridized carbons (Fsp3) is 0.500. The van der Waals surface area contributed by atoms with E-state index in [2.05, 4.69) is 4.98 Å². The molecule has 116 valence electrons. The van der Waals surface area contributed by atoms with Gasteiger partial charge in [-0.05, 0) is 18.6 Å². The molecule has 0 aliphatic rings. The third-order valence-electron chi connectivity index (χ3n) is 2.90. The number of aromatic nitrogens is 1. The summed E-state index contributed by atoms with van der Waals surface area (Å²) >= 11 is 4.86. The van der Waals surface area contributed by atoms with Crippen molar-refractivity contribution in [3.05, 3.63) is 29.6 Å². The van der Waals surface area contributed by atoms with E-state index in [1.807, 2.05) is 0 Å². The Morgan fingerprint density at radius 3 is 2.52 bits per heavy atom. The molecule has 0 atom stereocenters. The molecule has 0 aliphatic carbocycles. The Labute approximate surface area is 130 Å². The van der Waals surface area contributed by atoms with Gasteiger partial charge >= 0.3 is 0 Å². The highest BCUT2D eigenvalue weighted by atomic mass is 32.1. The molecule has 0 radical (unpaired) electrons. The summed E-state index contributed by atoms with van der Waals surface area (Å²) in [5.74, 6) is -0.141. The number of carbonyl (C=O) groups is 1. The van der Waals surface area contributed by atoms with E-state index < -0.39 is 0 Å². The fourth-order valence-electron chi connectivity index (χ4n) is 1.74. The first kappa shape index (κ1) is 17.5. The molecule has 0 aliphatic heterocycles. The van der Waals surface area contributed by atoms with Gasteiger partial charge in [-0.25, -0.2) is 0 Å². The van der Waals surface area contributed by atoms with Gasteiger partial charge in [-0.3, -0.25) is 9.78 Å². The smallest absolute Gasteiger partial charge is 0.272 e. The van der Waals surface area contributed by atoms with Gasteiger partial charge in [0.25, 0.3) is 5.91 Å². The van der Waals surface area contributed by atoms with Crippen molar-refractivity contribution >= 4 is 23.1 Å². The second-order valence-electron chi connectivity index (χ2n) is 4.43. The van der Waals surface area contributed by atoms with Gasteiger partial charge in [-0.15, -0.1) is 0 Å². The van der Waals surface area contributed by atoms with E-state index in [-0.39, 0.29) is 10.9 Å². The van der Waals surface area contributed by atoms with Crippen LogP contribution in [0.1, 0.15) is 22.5 Å². The summed E-state index contributed by atoms with van der Waals surface area (Å²) in [5.41, 5.74) is 6.52. The van der Waals surface area contributed by atoms with Gasteiger partial charge in [0.15, 0.2) is 0 Å². The van der Waals surface area contributed by atoms with Crippen molar-refractivity contribution in [1.29, 1.82) is 0 Å². The molecular weight excluding hydrogens is 290 g/mol. The van der Waals surface area contributed by atoms with Gasteiger partial charge in [0.05, 0.1) is 6.61 Å². The van der Waals surface area contributed by atoms with Crippen LogP contribution in [0.2, 0.25) is 0 Å². The molecule has 0 bridgehead atoms. The lowest BCUT2D eigenvalue weighted by atomic mass is 10.2. The Balaban J connectivity index is 2.75. The van der Waals surface area contributed by atoms with Gasteiger partial charge in [-0.2, -0.15) is 0 Å². The summed E-state index contributed by atoms with van der Waals surface area (Å²) in [6.07, 6.45) is 2.27. The Kier molecular flexibility index (Phi) is 7.81. The van der Waals surface area contributed by atoms with Crippen molar-refractivity contribution in [2.24, 2.45) is 5.73 Å². The van der Waals surface area contributed by atoms with Crippen LogP contribution in [0.4, 0.5) is 0 Å². The summed E-state index contributed by atoms with van der Waals surface area (Å²) in [5, 5.41) is 0. The van der Waals surface area contributed by atoms with Crippen LogP contribution in [0.5, 0.6) is 0 Å². The third kappa shape index (κ3) is 5.74. The molecule has 0 saturated carbocycles. The predicted molar refractivity (Wildman–Crippen MR) is 84.4 cm³/mol. The summed E-state index contributed by atoms with van der Waals surface area (Å²) in [7, 11) is 3.24. The lowest BCUT2D eigenvalue weighted by molar-refractivity contribution is 0.0668. The van der Waals surface area contributed by atoms with E-state index in [9.17, 15) is 4.79 Å². The minimum absolute atomic E-state index is 0.141. The monoisotopic (exact) mass is 311 g/mol. The van der Waals surface area contributed by atoms with Crippen molar-refractivity contribution in [3.8, 4) is 0 Å². The zero-order valence-electron chi connectivity index (χ0n) is 12.4. The van der Waals surface area contributed by atoms with Gasteiger partial charge in [0.1, 0.15) is 10.7 Å². The molecule has 0 saturated heterocycles. The average Bonchev–Trinajstić information content (AvgIpc) is 2.50. The van der Waals surface area contributed by atoms with Crippen LogP contribution in [0.25, 0.3) is 0 Å². The number of rotatable bonds is 9. The van der Waals surface area contributed by atoms with Crippen LogP contribution < -0.4 is 5.73 Å². The van der Waals surface area contributed by atoms with Crippen LogP contribution in [-0.4, -0.2) is 61.3 Å².